The monoisotopic (exact) mass is 1190 g/mol. The van der Waals surface area contributed by atoms with Crippen LogP contribution in [0.25, 0.3) is 22.1 Å². The molecule has 2 aromatic carbocycles. The summed E-state index contributed by atoms with van der Waals surface area (Å²) in [6.45, 7) is 2.98. The maximum Gasteiger partial charge on any atom is 0.459 e. The molecule has 9 N–H and O–H groups in total. The maximum absolute atomic E-state index is 15.1. The van der Waals surface area contributed by atoms with Gasteiger partial charge < -0.3 is 58.4 Å². The summed E-state index contributed by atoms with van der Waals surface area (Å²) in [4.78, 5) is 61.2. The van der Waals surface area contributed by atoms with E-state index in [0.29, 0.717) is 0 Å². The highest BCUT2D eigenvalue weighted by molar-refractivity contribution is 7.52. The van der Waals surface area contributed by atoms with Crippen LogP contribution in [0.15, 0.2) is 94.8 Å². The van der Waals surface area contributed by atoms with Gasteiger partial charge in [0.2, 0.25) is 11.9 Å². The lowest BCUT2D eigenvalue weighted by atomic mass is 10.00. The minimum absolute atomic E-state index is 0.0149. The number of carbonyl (C=O) groups excluding carboxylic acids is 2. The number of aromatic nitrogens is 6. The Hall–Kier alpha value is -6.00. The fraction of sp³-hybridized carbons (Fsp3) is 0.447. The van der Waals surface area contributed by atoms with Crippen molar-refractivity contribution >= 4 is 84.6 Å². The SMILES string of the molecule is CC(C)OC(=O)[C@H](C)NP(=O)(OC[C@H]1O[C@@H](n2ccc3c(=O)[nH]c(NC(C)OC(=O)[C@H](C)N[P@](=O)(OC[C@H]4O[C@@H](n5ccc6c(=O)[nH]c(N)nc65)[C@@](Cl)(CF)C4O)Oc4ccccc4)nc32)[C@@](Cl)(CF)C1O)Oc1ccccc1. The molecular weight excluding hydrogens is 1130 g/mol. The van der Waals surface area contributed by atoms with Crippen molar-refractivity contribution in [1.82, 2.24) is 39.2 Å². The van der Waals surface area contributed by atoms with E-state index in [9.17, 15) is 42.9 Å². The van der Waals surface area contributed by atoms with Crippen molar-refractivity contribution in [1.29, 1.82) is 0 Å². The number of carbonyl (C=O) groups is 2. The van der Waals surface area contributed by atoms with Crippen LogP contribution in [0.5, 0.6) is 11.5 Å². The van der Waals surface area contributed by atoms with Crippen LogP contribution in [0.4, 0.5) is 20.7 Å². The Morgan fingerprint density at radius 3 is 1.59 bits per heavy atom. The van der Waals surface area contributed by atoms with Gasteiger partial charge in [-0.15, -0.1) is 23.2 Å². The number of esters is 2. The van der Waals surface area contributed by atoms with E-state index >= 15 is 4.39 Å². The zero-order valence-corrected chi connectivity index (χ0v) is 45.9. The van der Waals surface area contributed by atoms with Crippen LogP contribution in [-0.4, -0.2) is 136 Å². The molecule has 32 heteroatoms. The van der Waals surface area contributed by atoms with Crippen LogP contribution in [-0.2, 0) is 46.7 Å². The van der Waals surface area contributed by atoms with Gasteiger partial charge in [-0.1, -0.05) is 36.4 Å². The van der Waals surface area contributed by atoms with Crippen molar-refractivity contribution in [3.05, 3.63) is 106 Å². The summed E-state index contributed by atoms with van der Waals surface area (Å²) >= 11 is 13.5. The number of hydrogen-bond donors (Lipinski definition) is 8. The highest BCUT2D eigenvalue weighted by atomic mass is 35.5. The van der Waals surface area contributed by atoms with Crippen molar-refractivity contribution < 1.29 is 74.8 Å². The predicted octanol–water partition coefficient (Wildman–Crippen LogP) is 5.07. The van der Waals surface area contributed by atoms with Crippen molar-refractivity contribution in [2.75, 3.05) is 37.6 Å². The second kappa shape index (κ2) is 24.0. The lowest BCUT2D eigenvalue weighted by Gasteiger charge is -2.28. The molecule has 2 aliphatic heterocycles. The molecular formula is C47H56Cl2F2N10O16P2. The van der Waals surface area contributed by atoms with Gasteiger partial charge in [0.25, 0.3) is 11.1 Å². The van der Waals surface area contributed by atoms with Crippen molar-refractivity contribution in [2.24, 2.45) is 0 Å². The standard InChI is InChI=1S/C47H56Cl2F2N10O16P2/c1-24(2)72-40(66)25(3)58-78(68,76-28-12-8-6-9-13-28)70-21-33-35(63)47(49,23-51)43(75-33)61-19-17-31-37(61)55-45(57-39(31)65)53-27(5)73-41(67)26(4)59-79(69,77-29-14-10-7-11-15-29)71-20-32-34(62)46(48,22-50)42(74-32)60-18-16-30-36(60)54-44(52)56-38(30)64/h6-19,24-27,32-35,42-43,62-63H,20-23H2,1-5H3,(H,58,68)(H,59,69)(H3,52,54,56,64)(H2,53,55,57,65)/t25-,26-,27?,32+,33+,34?,35?,42+,43+,46+,47+,78?,79-/m0/s1. The van der Waals surface area contributed by atoms with Gasteiger partial charge in [0.05, 0.1) is 30.1 Å². The molecule has 4 unspecified atom stereocenters. The number of anilines is 2. The Labute approximate surface area is 457 Å². The third kappa shape index (κ3) is 12.8. The Bertz CT molecular complexity index is 3370. The number of aliphatic hydroxyl groups is 2. The number of nitrogen functional groups attached to an aromatic ring is 1. The first-order chi connectivity index (χ1) is 37.4. The van der Waals surface area contributed by atoms with Crippen molar-refractivity contribution in [2.45, 2.75) is 106 Å². The second-order valence-corrected chi connectivity index (χ2v) is 23.5. The van der Waals surface area contributed by atoms with E-state index in [0.717, 1.165) is 0 Å². The van der Waals surface area contributed by atoms with E-state index in [-0.39, 0.29) is 45.5 Å². The number of aliphatic hydroxyl groups excluding tert-OH is 2. The van der Waals surface area contributed by atoms with E-state index in [4.69, 9.17) is 66.0 Å². The van der Waals surface area contributed by atoms with Gasteiger partial charge in [-0.05, 0) is 71.0 Å². The van der Waals surface area contributed by atoms with Gasteiger partial charge in [-0.2, -0.15) is 20.1 Å². The van der Waals surface area contributed by atoms with Crippen LogP contribution in [0.1, 0.15) is 47.1 Å². The first-order valence-electron chi connectivity index (χ1n) is 24.2. The summed E-state index contributed by atoms with van der Waals surface area (Å²) in [5, 5.41) is 30.5. The number of ether oxygens (including phenoxy) is 4. The first kappa shape index (κ1) is 59.1. The Balaban J connectivity index is 0.948. The average molecular weight is 1190 g/mol. The number of para-hydroxylation sites is 2. The lowest BCUT2D eigenvalue weighted by Crippen LogP contribution is -2.44. The molecule has 0 amide bonds. The minimum Gasteiger partial charge on any atom is -0.462 e. The molecule has 13 atom stereocenters. The number of hydrogen-bond acceptors (Lipinski definition) is 20. The zero-order valence-electron chi connectivity index (χ0n) is 42.6. The maximum atomic E-state index is 15.1. The largest absolute Gasteiger partial charge is 0.462 e. The number of nitrogens with two attached hydrogens (primary N) is 1. The molecule has 0 spiro atoms. The zero-order chi connectivity index (χ0) is 57.2. The van der Waals surface area contributed by atoms with Crippen LogP contribution < -0.4 is 41.4 Å². The normalized spacial score (nSPS) is 25.8. The minimum atomic E-state index is -4.69. The van der Waals surface area contributed by atoms with Gasteiger partial charge in [-0.25, -0.2) is 17.9 Å². The molecule has 6 aromatic rings. The number of aromatic amines is 2. The topological polar surface area (TPSA) is 346 Å². The number of nitrogens with zero attached hydrogens (tertiary/aromatic N) is 4. The van der Waals surface area contributed by atoms with E-state index in [1.54, 1.807) is 50.2 Å². The quantitative estimate of drug-likeness (QED) is 0.0170. The molecule has 2 saturated heterocycles. The molecule has 79 heavy (non-hydrogen) atoms. The fourth-order valence-electron chi connectivity index (χ4n) is 8.49. The van der Waals surface area contributed by atoms with Gasteiger partial charge in [0.15, 0.2) is 30.0 Å². The number of H-pyrrole nitrogens is 2. The first-order valence-corrected chi connectivity index (χ1v) is 28.1. The third-order valence-corrected chi connectivity index (χ3v) is 16.7. The number of rotatable bonds is 24. The summed E-state index contributed by atoms with van der Waals surface area (Å²) in [6, 6.07) is 15.5. The molecule has 6 heterocycles. The Kier molecular flexibility index (Phi) is 18.0. The highest BCUT2D eigenvalue weighted by Crippen LogP contribution is 2.51. The van der Waals surface area contributed by atoms with Crippen LogP contribution in [0.3, 0.4) is 0 Å². The molecule has 0 aliphatic carbocycles. The summed E-state index contributed by atoms with van der Waals surface area (Å²) < 4.78 is 107. The molecule has 0 saturated carbocycles. The number of alkyl halides is 4. The second-order valence-electron chi connectivity index (χ2n) is 18.7. The third-order valence-electron chi connectivity index (χ3n) is 12.4. The fourth-order valence-corrected chi connectivity index (χ4v) is 12.1. The molecule has 0 bridgehead atoms. The van der Waals surface area contributed by atoms with Gasteiger partial charge in [0, 0.05) is 12.4 Å². The Morgan fingerprint density at radius 1 is 0.722 bits per heavy atom. The average Bonchev–Trinajstić information content (AvgIpc) is 4.18. The molecule has 0 radical (unpaired) electrons. The summed E-state index contributed by atoms with van der Waals surface area (Å²) in [6.07, 6.45) is -8.94. The summed E-state index contributed by atoms with van der Waals surface area (Å²) in [5.41, 5.74) is 4.24. The van der Waals surface area contributed by atoms with Gasteiger partial charge in [-0.3, -0.25) is 38.2 Å². The molecule has 26 nitrogen and oxygen atoms in total. The number of halogens is 4. The summed E-state index contributed by atoms with van der Waals surface area (Å²) in [5.74, 6) is -2.28. The van der Waals surface area contributed by atoms with Crippen molar-refractivity contribution in [3.63, 3.8) is 0 Å². The Morgan fingerprint density at radius 2 is 1.15 bits per heavy atom. The van der Waals surface area contributed by atoms with Crippen LogP contribution >= 0.6 is 38.7 Å². The molecule has 2 fully saturated rings. The number of nitrogens with one attached hydrogen (secondary N) is 5. The van der Waals surface area contributed by atoms with E-state index in [1.165, 1.54) is 78.7 Å². The van der Waals surface area contributed by atoms with Crippen LogP contribution in [0.2, 0.25) is 0 Å². The smallest absolute Gasteiger partial charge is 0.459 e. The number of benzene rings is 2. The van der Waals surface area contributed by atoms with E-state index in [2.05, 4.69) is 35.4 Å². The van der Waals surface area contributed by atoms with E-state index in [1.807, 2.05) is 0 Å². The predicted molar refractivity (Wildman–Crippen MR) is 281 cm³/mol. The highest BCUT2D eigenvalue weighted by Gasteiger charge is 2.59. The molecule has 428 valence electrons. The molecule has 4 aromatic heterocycles. The van der Waals surface area contributed by atoms with E-state index < -0.39 is 136 Å². The summed E-state index contributed by atoms with van der Waals surface area (Å²) in [7, 11) is -9.19. The lowest BCUT2D eigenvalue weighted by molar-refractivity contribution is -0.149. The van der Waals surface area contributed by atoms with Crippen LogP contribution in [0, 0.1) is 0 Å². The number of fused-ring (bicyclic) bond motifs is 2. The van der Waals surface area contributed by atoms with Gasteiger partial charge >= 0.3 is 27.4 Å². The molecule has 8 rings (SSSR count). The van der Waals surface area contributed by atoms with Crippen molar-refractivity contribution in [3.8, 4) is 11.5 Å². The van der Waals surface area contributed by atoms with Gasteiger partial charge in [0.1, 0.15) is 71.1 Å². The molecule has 2 aliphatic rings.